The number of allylic oxidation sites excluding steroid dienone is 1. The molecule has 3 rings (SSSR count). The predicted octanol–water partition coefficient (Wildman–Crippen LogP) is 2.07. The molecule has 1 fully saturated rings. The highest BCUT2D eigenvalue weighted by Crippen LogP contribution is 2.33. The Balaban J connectivity index is 1.74. The van der Waals surface area contributed by atoms with E-state index in [0.29, 0.717) is 11.3 Å². The number of carboxylic acid groups (broad SMARTS) is 1. The monoisotopic (exact) mass is 296 g/mol. The summed E-state index contributed by atoms with van der Waals surface area (Å²) in [5.74, 6) is -0.602. The van der Waals surface area contributed by atoms with E-state index in [1.54, 1.807) is 12.4 Å². The molecule has 2 aromatic rings. The minimum Gasteiger partial charge on any atom is -0.481 e. The Bertz CT molecular complexity index is 757. The fourth-order valence-corrected chi connectivity index (χ4v) is 2.38. The summed E-state index contributed by atoms with van der Waals surface area (Å²) in [6, 6.07) is 7.73. The summed E-state index contributed by atoms with van der Waals surface area (Å²) in [5, 5.41) is 19.4. The Morgan fingerprint density at radius 3 is 2.91 bits per heavy atom. The lowest BCUT2D eigenvalue weighted by atomic mass is 10.2. The van der Waals surface area contributed by atoms with Crippen molar-refractivity contribution in [3.63, 3.8) is 0 Å². The van der Waals surface area contributed by atoms with Crippen LogP contribution in [0, 0.1) is 11.3 Å². The van der Waals surface area contributed by atoms with Crippen LogP contribution in [0.2, 0.25) is 0 Å². The number of para-hydroxylation sites is 2. The van der Waals surface area contributed by atoms with Gasteiger partial charge in [-0.1, -0.05) is 12.1 Å². The van der Waals surface area contributed by atoms with Gasteiger partial charge < -0.3 is 15.8 Å². The molecule has 112 valence electrons. The second kappa shape index (κ2) is 5.93. The molecule has 0 aliphatic heterocycles. The molecule has 0 amide bonds. The van der Waals surface area contributed by atoms with Crippen molar-refractivity contribution in [1.82, 2.24) is 15.3 Å². The molecule has 0 bridgehead atoms. The highest BCUT2D eigenvalue weighted by molar-refractivity contribution is 6.07. The minimum absolute atomic E-state index is 0.166. The second-order valence-electron chi connectivity index (χ2n) is 5.35. The fourth-order valence-electron chi connectivity index (χ4n) is 2.38. The van der Waals surface area contributed by atoms with Crippen molar-refractivity contribution in [2.75, 3.05) is 0 Å². The molecule has 0 radical (unpaired) electrons. The van der Waals surface area contributed by atoms with Crippen molar-refractivity contribution in [2.24, 2.45) is 5.92 Å². The van der Waals surface area contributed by atoms with E-state index in [0.717, 1.165) is 17.5 Å². The van der Waals surface area contributed by atoms with Crippen LogP contribution in [0.3, 0.4) is 0 Å². The molecule has 3 N–H and O–H groups in total. The first-order chi connectivity index (χ1) is 10.7. The van der Waals surface area contributed by atoms with Crippen LogP contribution < -0.4 is 5.32 Å². The molecule has 0 spiro atoms. The first-order valence-corrected chi connectivity index (χ1v) is 7.08. The highest BCUT2D eigenvalue weighted by atomic mass is 16.4. The van der Waals surface area contributed by atoms with Gasteiger partial charge in [0, 0.05) is 24.0 Å². The molecule has 1 saturated carbocycles. The molecule has 2 atom stereocenters. The van der Waals surface area contributed by atoms with Gasteiger partial charge in [0.05, 0.1) is 29.3 Å². The van der Waals surface area contributed by atoms with E-state index in [1.807, 2.05) is 24.3 Å². The van der Waals surface area contributed by atoms with Crippen molar-refractivity contribution in [1.29, 1.82) is 5.41 Å². The minimum atomic E-state index is -0.772. The number of nitrogens with zero attached hydrogens (tertiary/aromatic N) is 2. The third-order valence-electron chi connectivity index (χ3n) is 3.71. The normalized spacial score (nSPS) is 20.6. The third-order valence-corrected chi connectivity index (χ3v) is 3.71. The van der Waals surface area contributed by atoms with Crippen molar-refractivity contribution in [3.8, 4) is 0 Å². The van der Waals surface area contributed by atoms with Crippen LogP contribution in [0.15, 0.2) is 36.7 Å². The summed E-state index contributed by atoms with van der Waals surface area (Å²) in [7, 11) is 0. The average molecular weight is 296 g/mol. The molecule has 1 aliphatic rings. The number of aromatic nitrogens is 2. The van der Waals surface area contributed by atoms with E-state index in [2.05, 4.69) is 15.3 Å². The predicted molar refractivity (Wildman–Crippen MR) is 83.6 cm³/mol. The number of nitrogens with one attached hydrogen (secondary N) is 2. The SMILES string of the molecule is N=C/C(=C\NC1CC1CC(=O)O)c1cnc2ccccc2n1. The standard InChI is InChI=1S/C16H16N4O2/c17-7-11(8-18-14-5-10(14)6-16(21)22)15-9-19-12-3-1-2-4-13(12)20-15/h1-4,7-10,14,17-18H,5-6H2,(H,21,22)/b11-8+,17-7?. The molecular weight excluding hydrogens is 280 g/mol. The van der Waals surface area contributed by atoms with E-state index in [-0.39, 0.29) is 18.4 Å². The molecule has 22 heavy (non-hydrogen) atoms. The van der Waals surface area contributed by atoms with E-state index in [1.165, 1.54) is 6.21 Å². The topological polar surface area (TPSA) is 99.0 Å². The summed E-state index contributed by atoms with van der Waals surface area (Å²) < 4.78 is 0. The van der Waals surface area contributed by atoms with E-state index < -0.39 is 5.97 Å². The Morgan fingerprint density at radius 2 is 2.18 bits per heavy atom. The van der Waals surface area contributed by atoms with Crippen molar-refractivity contribution in [3.05, 3.63) is 42.4 Å². The fraction of sp³-hybridized carbons (Fsp3) is 0.250. The maximum absolute atomic E-state index is 10.6. The quantitative estimate of drug-likeness (QED) is 0.709. The summed E-state index contributed by atoms with van der Waals surface area (Å²) in [6.45, 7) is 0. The van der Waals surface area contributed by atoms with Crippen LogP contribution in [0.4, 0.5) is 0 Å². The van der Waals surface area contributed by atoms with Crippen molar-refractivity contribution >= 4 is 28.8 Å². The maximum Gasteiger partial charge on any atom is 0.303 e. The maximum atomic E-state index is 10.6. The zero-order valence-electron chi connectivity index (χ0n) is 11.9. The number of hydrogen-bond acceptors (Lipinski definition) is 5. The van der Waals surface area contributed by atoms with Crippen LogP contribution >= 0.6 is 0 Å². The lowest BCUT2D eigenvalue weighted by Crippen LogP contribution is -2.13. The lowest BCUT2D eigenvalue weighted by molar-refractivity contribution is -0.137. The molecular formula is C16H16N4O2. The van der Waals surface area contributed by atoms with Crippen LogP contribution in [-0.4, -0.2) is 33.3 Å². The zero-order valence-corrected chi connectivity index (χ0v) is 11.9. The summed E-state index contributed by atoms with van der Waals surface area (Å²) in [5.41, 5.74) is 2.84. The van der Waals surface area contributed by atoms with E-state index >= 15 is 0 Å². The van der Waals surface area contributed by atoms with Gasteiger partial charge in [0.25, 0.3) is 0 Å². The lowest BCUT2D eigenvalue weighted by Gasteiger charge is -2.04. The molecule has 1 aromatic carbocycles. The molecule has 1 aliphatic carbocycles. The molecule has 6 nitrogen and oxygen atoms in total. The molecule has 1 heterocycles. The van der Waals surface area contributed by atoms with Crippen LogP contribution in [-0.2, 0) is 4.79 Å². The largest absolute Gasteiger partial charge is 0.481 e. The molecule has 2 unspecified atom stereocenters. The van der Waals surface area contributed by atoms with Gasteiger partial charge in [-0.15, -0.1) is 0 Å². The van der Waals surface area contributed by atoms with Gasteiger partial charge in [0.2, 0.25) is 0 Å². The average Bonchev–Trinajstić information content (AvgIpc) is 3.25. The second-order valence-corrected chi connectivity index (χ2v) is 5.35. The van der Waals surface area contributed by atoms with E-state index in [9.17, 15) is 4.79 Å². The van der Waals surface area contributed by atoms with Crippen LogP contribution in [0.5, 0.6) is 0 Å². The molecule has 1 aromatic heterocycles. The number of carboxylic acids is 1. The summed E-state index contributed by atoms with van der Waals surface area (Å²) in [6.07, 6.45) is 5.61. The van der Waals surface area contributed by atoms with Gasteiger partial charge in [-0.05, 0) is 24.5 Å². The summed E-state index contributed by atoms with van der Waals surface area (Å²) in [4.78, 5) is 19.5. The van der Waals surface area contributed by atoms with Gasteiger partial charge in [0.15, 0.2) is 0 Å². The van der Waals surface area contributed by atoms with Crippen molar-refractivity contribution < 1.29 is 9.90 Å². The Labute approximate surface area is 127 Å². The highest BCUT2D eigenvalue weighted by Gasteiger charge is 2.37. The molecule has 0 saturated heterocycles. The Kier molecular flexibility index (Phi) is 3.82. The number of aliphatic carboxylic acids is 1. The van der Waals surface area contributed by atoms with Crippen LogP contribution in [0.25, 0.3) is 16.6 Å². The van der Waals surface area contributed by atoms with E-state index in [4.69, 9.17) is 10.5 Å². The zero-order chi connectivity index (χ0) is 15.5. The van der Waals surface area contributed by atoms with Crippen molar-refractivity contribution in [2.45, 2.75) is 18.9 Å². The number of hydrogen-bond donors (Lipinski definition) is 3. The number of fused-ring (bicyclic) bond motifs is 1. The number of benzene rings is 1. The summed E-state index contributed by atoms with van der Waals surface area (Å²) >= 11 is 0. The number of carbonyl (C=O) groups is 1. The Hall–Kier alpha value is -2.76. The molecule has 6 heteroatoms. The van der Waals surface area contributed by atoms with Gasteiger partial charge in [-0.3, -0.25) is 9.78 Å². The number of rotatable bonds is 6. The first-order valence-electron chi connectivity index (χ1n) is 7.08. The van der Waals surface area contributed by atoms with Gasteiger partial charge in [-0.25, -0.2) is 4.98 Å². The van der Waals surface area contributed by atoms with Gasteiger partial charge in [0.1, 0.15) is 0 Å². The first kappa shape index (κ1) is 14.2. The van der Waals surface area contributed by atoms with Crippen LogP contribution in [0.1, 0.15) is 18.5 Å². The van der Waals surface area contributed by atoms with Gasteiger partial charge >= 0.3 is 5.97 Å². The van der Waals surface area contributed by atoms with Gasteiger partial charge in [-0.2, -0.15) is 0 Å². The Morgan fingerprint density at radius 1 is 1.41 bits per heavy atom. The third kappa shape index (κ3) is 3.11. The smallest absolute Gasteiger partial charge is 0.303 e.